The summed E-state index contributed by atoms with van der Waals surface area (Å²) in [6, 6.07) is -1.46. The van der Waals surface area contributed by atoms with E-state index in [1.54, 1.807) is 0 Å². The first-order valence-corrected chi connectivity index (χ1v) is 8.91. The highest BCUT2D eigenvalue weighted by atomic mass is 16.3. The van der Waals surface area contributed by atoms with Crippen LogP contribution in [0, 0.1) is 0 Å². The lowest BCUT2D eigenvalue weighted by atomic mass is 10.0. The van der Waals surface area contributed by atoms with Crippen LogP contribution in [0.5, 0.6) is 0 Å². The number of aliphatic hydroxyl groups excluding tert-OH is 1. The van der Waals surface area contributed by atoms with Crippen LogP contribution in [0.4, 0.5) is 0 Å². The summed E-state index contributed by atoms with van der Waals surface area (Å²) in [6.07, 6.45) is 6.48. The van der Waals surface area contributed by atoms with Crippen molar-refractivity contribution in [2.75, 3.05) is 6.54 Å². The Morgan fingerprint density at radius 1 is 1.21 bits per heavy atom. The molecule has 0 aliphatic carbocycles. The molecule has 138 valence electrons. The highest BCUT2D eigenvalue weighted by molar-refractivity contribution is 5.91. The third-order valence-corrected chi connectivity index (χ3v) is 4.49. The lowest BCUT2D eigenvalue weighted by molar-refractivity contribution is -0.138. The fourth-order valence-electron chi connectivity index (χ4n) is 3.09. The van der Waals surface area contributed by atoms with Crippen LogP contribution in [0.3, 0.4) is 0 Å². The number of aliphatic hydroxyl groups is 1. The van der Waals surface area contributed by atoms with Gasteiger partial charge < -0.3 is 21.1 Å². The number of likely N-dealkylation sites (tertiary alicyclic amines) is 1. The smallest absolute Gasteiger partial charge is 0.243 e. The molecule has 0 aromatic heterocycles. The molecule has 7 heteroatoms. The van der Waals surface area contributed by atoms with E-state index >= 15 is 0 Å². The zero-order chi connectivity index (χ0) is 18.1. The van der Waals surface area contributed by atoms with E-state index in [9.17, 15) is 19.5 Å². The molecule has 0 unspecified atom stereocenters. The minimum absolute atomic E-state index is 0.145. The molecule has 24 heavy (non-hydrogen) atoms. The van der Waals surface area contributed by atoms with Gasteiger partial charge in [0.05, 0.1) is 6.10 Å². The van der Waals surface area contributed by atoms with E-state index in [0.29, 0.717) is 6.42 Å². The summed E-state index contributed by atoms with van der Waals surface area (Å²) in [5.41, 5.74) is 5.38. The van der Waals surface area contributed by atoms with Gasteiger partial charge in [0.1, 0.15) is 12.1 Å². The Labute approximate surface area is 144 Å². The highest BCUT2D eigenvalue weighted by Gasteiger charge is 2.38. The summed E-state index contributed by atoms with van der Waals surface area (Å²) < 4.78 is 0. The Kier molecular flexibility index (Phi) is 8.74. The minimum Gasteiger partial charge on any atom is -0.391 e. The van der Waals surface area contributed by atoms with Crippen molar-refractivity contribution in [3.8, 4) is 0 Å². The van der Waals surface area contributed by atoms with E-state index < -0.39 is 30.0 Å². The van der Waals surface area contributed by atoms with Gasteiger partial charge in [-0.3, -0.25) is 14.4 Å². The molecule has 7 nitrogen and oxygen atoms in total. The van der Waals surface area contributed by atoms with Gasteiger partial charge in [-0.1, -0.05) is 45.4 Å². The first-order valence-electron chi connectivity index (χ1n) is 8.91. The van der Waals surface area contributed by atoms with Gasteiger partial charge in [-0.05, 0) is 6.42 Å². The zero-order valence-electron chi connectivity index (χ0n) is 14.8. The van der Waals surface area contributed by atoms with E-state index in [1.165, 1.54) is 31.1 Å². The topological polar surface area (TPSA) is 113 Å². The third kappa shape index (κ3) is 6.47. The Morgan fingerprint density at radius 2 is 1.83 bits per heavy atom. The molecular formula is C17H31N3O4. The van der Waals surface area contributed by atoms with Crippen molar-refractivity contribution in [1.82, 2.24) is 10.2 Å². The SMILES string of the molecule is CCCCCCCC[C@H](NC(=O)[C@@H]1C[C@@H](O)CN1C(C)=O)C(N)=O. The van der Waals surface area contributed by atoms with Crippen molar-refractivity contribution >= 4 is 17.7 Å². The van der Waals surface area contributed by atoms with Gasteiger partial charge in [0.25, 0.3) is 0 Å². The molecule has 0 spiro atoms. The molecule has 1 rings (SSSR count). The maximum Gasteiger partial charge on any atom is 0.243 e. The molecule has 0 bridgehead atoms. The number of β-amino-alcohol motifs (C(OH)–C–C–N with tert-alkyl or cyclic N) is 1. The van der Waals surface area contributed by atoms with E-state index in [1.807, 2.05) is 0 Å². The van der Waals surface area contributed by atoms with Crippen LogP contribution in [-0.4, -0.2) is 52.5 Å². The number of unbranched alkanes of at least 4 members (excludes halogenated alkanes) is 5. The van der Waals surface area contributed by atoms with Gasteiger partial charge in [-0.25, -0.2) is 0 Å². The maximum absolute atomic E-state index is 12.4. The average Bonchev–Trinajstić information content (AvgIpc) is 2.91. The molecule has 3 amide bonds. The Bertz CT molecular complexity index is 442. The van der Waals surface area contributed by atoms with Gasteiger partial charge >= 0.3 is 0 Å². The molecule has 1 aliphatic rings. The van der Waals surface area contributed by atoms with Crippen LogP contribution in [-0.2, 0) is 14.4 Å². The van der Waals surface area contributed by atoms with Crippen LogP contribution in [0.1, 0.15) is 65.2 Å². The molecule has 0 saturated carbocycles. The molecule has 4 N–H and O–H groups in total. The van der Waals surface area contributed by atoms with Gasteiger partial charge in [0.15, 0.2) is 0 Å². The predicted molar refractivity (Wildman–Crippen MR) is 90.9 cm³/mol. The minimum atomic E-state index is -0.732. The Balaban J connectivity index is 2.47. The monoisotopic (exact) mass is 341 g/mol. The number of nitrogens with zero attached hydrogens (tertiary/aromatic N) is 1. The molecule has 1 aliphatic heterocycles. The van der Waals surface area contributed by atoms with Crippen molar-refractivity contribution in [3.05, 3.63) is 0 Å². The lowest BCUT2D eigenvalue weighted by Crippen LogP contribution is -2.51. The molecule has 1 saturated heterocycles. The number of hydrogen-bond donors (Lipinski definition) is 3. The second-order valence-corrected chi connectivity index (χ2v) is 6.60. The van der Waals surface area contributed by atoms with E-state index in [0.717, 1.165) is 19.3 Å². The van der Waals surface area contributed by atoms with E-state index in [4.69, 9.17) is 5.73 Å². The second kappa shape index (κ2) is 10.3. The number of carbonyl (C=O) groups excluding carboxylic acids is 3. The summed E-state index contributed by atoms with van der Waals surface area (Å²) in [5, 5.41) is 12.3. The number of amides is 3. The van der Waals surface area contributed by atoms with Crippen LogP contribution in [0.2, 0.25) is 0 Å². The largest absolute Gasteiger partial charge is 0.391 e. The van der Waals surface area contributed by atoms with Crippen molar-refractivity contribution < 1.29 is 19.5 Å². The third-order valence-electron chi connectivity index (χ3n) is 4.49. The normalized spacial score (nSPS) is 21.5. The van der Waals surface area contributed by atoms with Crippen LogP contribution >= 0.6 is 0 Å². The molecule has 0 radical (unpaired) electrons. The predicted octanol–water partition coefficient (Wildman–Crippen LogP) is 0.689. The highest BCUT2D eigenvalue weighted by Crippen LogP contribution is 2.18. The van der Waals surface area contributed by atoms with Gasteiger partial charge in [0, 0.05) is 19.9 Å². The van der Waals surface area contributed by atoms with Crippen LogP contribution < -0.4 is 11.1 Å². The van der Waals surface area contributed by atoms with E-state index in [2.05, 4.69) is 12.2 Å². The number of carbonyl (C=O) groups is 3. The number of nitrogens with one attached hydrogen (secondary N) is 1. The Morgan fingerprint density at radius 3 is 2.42 bits per heavy atom. The second-order valence-electron chi connectivity index (χ2n) is 6.60. The van der Waals surface area contributed by atoms with Crippen molar-refractivity contribution in [1.29, 1.82) is 0 Å². The molecule has 1 fully saturated rings. The van der Waals surface area contributed by atoms with Crippen LogP contribution in [0.25, 0.3) is 0 Å². The first-order chi connectivity index (χ1) is 11.4. The molecule has 3 atom stereocenters. The zero-order valence-corrected chi connectivity index (χ0v) is 14.8. The standard InChI is InChI=1S/C17H31N3O4/c1-3-4-5-6-7-8-9-14(16(18)23)19-17(24)15-10-13(22)11-20(15)12(2)21/h13-15,22H,3-11H2,1-2H3,(H2,18,23)(H,19,24)/t13-,14+,15+/m1/s1. The Hall–Kier alpha value is -1.63. The number of rotatable bonds is 10. The maximum atomic E-state index is 12.4. The van der Waals surface area contributed by atoms with Gasteiger partial charge in [-0.15, -0.1) is 0 Å². The van der Waals surface area contributed by atoms with Crippen molar-refractivity contribution in [3.63, 3.8) is 0 Å². The summed E-state index contributed by atoms with van der Waals surface area (Å²) in [5.74, 6) is -1.25. The first kappa shape index (κ1) is 20.4. The number of hydrogen-bond acceptors (Lipinski definition) is 4. The molecule has 0 aromatic carbocycles. The molecular weight excluding hydrogens is 310 g/mol. The van der Waals surface area contributed by atoms with Gasteiger partial charge in [-0.2, -0.15) is 0 Å². The summed E-state index contributed by atoms with van der Waals surface area (Å²) in [6.45, 7) is 3.66. The summed E-state index contributed by atoms with van der Waals surface area (Å²) in [7, 11) is 0. The van der Waals surface area contributed by atoms with Gasteiger partial charge in [0.2, 0.25) is 17.7 Å². The molecule has 0 aromatic rings. The molecule has 1 heterocycles. The van der Waals surface area contributed by atoms with Crippen molar-refractivity contribution in [2.45, 2.75) is 83.4 Å². The quantitative estimate of drug-likeness (QED) is 0.507. The lowest BCUT2D eigenvalue weighted by Gasteiger charge is -2.24. The van der Waals surface area contributed by atoms with Crippen molar-refractivity contribution in [2.24, 2.45) is 5.73 Å². The number of primary amides is 1. The summed E-state index contributed by atoms with van der Waals surface area (Å²) in [4.78, 5) is 36.8. The number of nitrogens with two attached hydrogens (primary N) is 1. The fraction of sp³-hybridized carbons (Fsp3) is 0.824. The van der Waals surface area contributed by atoms with Crippen LogP contribution in [0.15, 0.2) is 0 Å². The average molecular weight is 341 g/mol. The fourth-order valence-corrected chi connectivity index (χ4v) is 3.09. The summed E-state index contributed by atoms with van der Waals surface area (Å²) >= 11 is 0. The van der Waals surface area contributed by atoms with E-state index in [-0.39, 0.29) is 18.9 Å².